The number of nitrogens with one attached hydrogen (secondary N) is 1. The molecule has 2 aromatic rings. The number of fused-ring (bicyclic) bond motifs is 1. The zero-order chi connectivity index (χ0) is 12.5. The highest BCUT2D eigenvalue weighted by molar-refractivity contribution is 9.10. The number of aromatic nitrogens is 3. The summed E-state index contributed by atoms with van der Waals surface area (Å²) in [6, 6.07) is 1.89. The summed E-state index contributed by atoms with van der Waals surface area (Å²) in [6.07, 6.45) is 4.72. The first-order chi connectivity index (χ1) is 8.74. The number of aromatic amines is 1. The molecule has 0 unspecified atom stereocenters. The van der Waals surface area contributed by atoms with E-state index in [1.54, 1.807) is 10.8 Å². The fourth-order valence-corrected chi connectivity index (χ4v) is 2.41. The highest BCUT2D eigenvalue weighted by atomic mass is 79.9. The van der Waals surface area contributed by atoms with Crippen molar-refractivity contribution in [1.29, 1.82) is 0 Å². The molecule has 0 radical (unpaired) electrons. The Bertz CT molecular complexity index is 672. The lowest BCUT2D eigenvalue weighted by molar-refractivity contribution is 0.147. The van der Waals surface area contributed by atoms with Crippen LogP contribution in [0.15, 0.2) is 33.2 Å². The third-order valence-corrected chi connectivity index (χ3v) is 3.37. The molecule has 0 aromatic carbocycles. The average Bonchev–Trinajstić information content (AvgIpc) is 2.67. The largest absolute Gasteiger partial charge is 0.377 e. The van der Waals surface area contributed by atoms with Crippen LogP contribution >= 0.6 is 15.9 Å². The van der Waals surface area contributed by atoms with Crippen molar-refractivity contribution in [1.82, 2.24) is 14.5 Å². The zero-order valence-electron chi connectivity index (χ0n) is 9.65. The van der Waals surface area contributed by atoms with Crippen LogP contribution < -0.4 is 5.69 Å². The Morgan fingerprint density at radius 2 is 2.44 bits per heavy atom. The second kappa shape index (κ2) is 4.70. The Hall–Kier alpha value is -1.40. The lowest BCUT2D eigenvalue weighted by Crippen LogP contribution is -2.20. The molecule has 0 fully saturated rings. The number of halogens is 1. The van der Waals surface area contributed by atoms with Crippen LogP contribution in [0.25, 0.3) is 11.2 Å². The average molecular weight is 310 g/mol. The Morgan fingerprint density at radius 1 is 1.56 bits per heavy atom. The first kappa shape index (κ1) is 11.7. The van der Waals surface area contributed by atoms with Crippen molar-refractivity contribution in [2.75, 3.05) is 13.2 Å². The molecular formula is C12H12BrN3O2. The monoisotopic (exact) mass is 309 g/mol. The fourth-order valence-electron chi connectivity index (χ4n) is 2.09. The maximum atomic E-state index is 11.9. The van der Waals surface area contributed by atoms with Crippen LogP contribution in [0.5, 0.6) is 0 Å². The van der Waals surface area contributed by atoms with Gasteiger partial charge in [0.2, 0.25) is 0 Å². The number of hydrogen-bond acceptors (Lipinski definition) is 3. The number of pyridine rings is 1. The van der Waals surface area contributed by atoms with Crippen molar-refractivity contribution in [3.05, 3.63) is 38.9 Å². The van der Waals surface area contributed by atoms with E-state index in [2.05, 4.69) is 32.0 Å². The fraction of sp³-hybridized carbons (Fsp3) is 0.333. The van der Waals surface area contributed by atoms with E-state index < -0.39 is 0 Å². The molecule has 1 aliphatic heterocycles. The summed E-state index contributed by atoms with van der Waals surface area (Å²) in [5.41, 5.74) is 2.41. The standard InChI is InChI=1S/C12H12BrN3O2/c13-9-4-10-11(14-5-9)15-12(17)16(10)6-8-2-1-3-18-7-8/h2,4-5H,1,3,6-7H2,(H,14,15,17). The SMILES string of the molecule is O=c1[nH]c2ncc(Br)cc2n1CC1=CCCOC1. The molecule has 0 amide bonds. The van der Waals surface area contributed by atoms with E-state index in [0.717, 1.165) is 28.6 Å². The molecule has 2 aromatic heterocycles. The topological polar surface area (TPSA) is 59.9 Å². The summed E-state index contributed by atoms with van der Waals surface area (Å²) in [7, 11) is 0. The van der Waals surface area contributed by atoms with E-state index >= 15 is 0 Å². The quantitative estimate of drug-likeness (QED) is 0.861. The molecule has 0 spiro atoms. The predicted molar refractivity (Wildman–Crippen MR) is 71.6 cm³/mol. The van der Waals surface area contributed by atoms with E-state index in [-0.39, 0.29) is 5.69 Å². The maximum absolute atomic E-state index is 11.9. The minimum absolute atomic E-state index is 0.137. The molecular weight excluding hydrogens is 298 g/mol. The summed E-state index contributed by atoms with van der Waals surface area (Å²) in [6.45, 7) is 1.91. The van der Waals surface area contributed by atoms with Gasteiger partial charge in [0.25, 0.3) is 0 Å². The number of imidazole rings is 1. The van der Waals surface area contributed by atoms with Crippen molar-refractivity contribution < 1.29 is 4.74 Å². The summed E-state index contributed by atoms with van der Waals surface area (Å²) in [5.74, 6) is 0. The highest BCUT2D eigenvalue weighted by Gasteiger charge is 2.11. The second-order valence-corrected chi connectivity index (χ2v) is 5.16. The van der Waals surface area contributed by atoms with Crippen molar-refractivity contribution in [2.45, 2.75) is 13.0 Å². The van der Waals surface area contributed by atoms with Gasteiger partial charge in [0.1, 0.15) is 0 Å². The highest BCUT2D eigenvalue weighted by Crippen LogP contribution is 2.16. The first-order valence-electron chi connectivity index (χ1n) is 5.74. The van der Waals surface area contributed by atoms with E-state index in [1.165, 1.54) is 0 Å². The zero-order valence-corrected chi connectivity index (χ0v) is 11.2. The Morgan fingerprint density at radius 3 is 3.22 bits per heavy atom. The second-order valence-electron chi connectivity index (χ2n) is 4.24. The first-order valence-corrected chi connectivity index (χ1v) is 6.53. The minimum atomic E-state index is -0.137. The van der Waals surface area contributed by atoms with E-state index in [0.29, 0.717) is 18.8 Å². The number of nitrogens with zero attached hydrogens (tertiary/aromatic N) is 2. The van der Waals surface area contributed by atoms with E-state index in [1.807, 2.05) is 6.07 Å². The van der Waals surface area contributed by atoms with Gasteiger partial charge in [0.15, 0.2) is 5.65 Å². The van der Waals surface area contributed by atoms with Gasteiger partial charge in [-0.1, -0.05) is 6.08 Å². The van der Waals surface area contributed by atoms with Gasteiger partial charge in [-0.25, -0.2) is 9.78 Å². The molecule has 0 atom stereocenters. The van der Waals surface area contributed by atoms with Gasteiger partial charge in [-0.05, 0) is 34.0 Å². The van der Waals surface area contributed by atoms with Crippen molar-refractivity contribution >= 4 is 27.1 Å². The molecule has 1 aliphatic rings. The number of rotatable bonds is 2. The number of H-pyrrole nitrogens is 1. The van der Waals surface area contributed by atoms with Crippen molar-refractivity contribution in [3.8, 4) is 0 Å². The lowest BCUT2D eigenvalue weighted by Gasteiger charge is -2.14. The Labute approximate surface area is 112 Å². The van der Waals surface area contributed by atoms with Crippen LogP contribution in [0.3, 0.4) is 0 Å². The molecule has 1 N–H and O–H groups in total. The molecule has 0 aliphatic carbocycles. The molecule has 3 heterocycles. The minimum Gasteiger partial charge on any atom is -0.377 e. The van der Waals surface area contributed by atoms with E-state index in [9.17, 15) is 4.79 Å². The number of hydrogen-bond donors (Lipinski definition) is 1. The summed E-state index contributed by atoms with van der Waals surface area (Å²) in [5, 5.41) is 0. The van der Waals surface area contributed by atoms with Gasteiger partial charge >= 0.3 is 5.69 Å². The van der Waals surface area contributed by atoms with Crippen LogP contribution in [0.2, 0.25) is 0 Å². The summed E-state index contributed by atoms with van der Waals surface area (Å²) in [4.78, 5) is 18.8. The third kappa shape index (κ3) is 2.13. The maximum Gasteiger partial charge on any atom is 0.327 e. The normalized spacial score (nSPS) is 15.9. The molecule has 5 nitrogen and oxygen atoms in total. The molecule has 3 rings (SSSR count). The molecule has 94 valence electrons. The Kier molecular flexibility index (Phi) is 3.05. The van der Waals surface area contributed by atoms with Gasteiger partial charge in [0.05, 0.1) is 25.3 Å². The molecule has 0 bridgehead atoms. The number of ether oxygens (including phenoxy) is 1. The summed E-state index contributed by atoms with van der Waals surface area (Å²) >= 11 is 3.37. The summed E-state index contributed by atoms with van der Waals surface area (Å²) < 4.78 is 7.93. The Balaban J connectivity index is 2.05. The molecule has 0 saturated heterocycles. The van der Waals surface area contributed by atoms with Gasteiger partial charge < -0.3 is 4.74 Å². The van der Waals surface area contributed by atoms with E-state index in [4.69, 9.17) is 4.74 Å². The van der Waals surface area contributed by atoms with Crippen LogP contribution in [-0.4, -0.2) is 27.7 Å². The molecule has 18 heavy (non-hydrogen) atoms. The lowest BCUT2D eigenvalue weighted by atomic mass is 10.2. The van der Waals surface area contributed by atoms with Gasteiger partial charge in [-0.3, -0.25) is 9.55 Å². The predicted octanol–water partition coefficient (Wildman–Crippen LogP) is 1.83. The molecule has 0 saturated carbocycles. The third-order valence-electron chi connectivity index (χ3n) is 2.94. The van der Waals surface area contributed by atoms with Gasteiger partial charge in [-0.2, -0.15) is 0 Å². The van der Waals surface area contributed by atoms with Gasteiger partial charge in [-0.15, -0.1) is 0 Å². The van der Waals surface area contributed by atoms with Crippen molar-refractivity contribution in [2.24, 2.45) is 0 Å². The van der Waals surface area contributed by atoms with Crippen LogP contribution in [-0.2, 0) is 11.3 Å². The van der Waals surface area contributed by atoms with Crippen molar-refractivity contribution in [3.63, 3.8) is 0 Å². The molecule has 6 heteroatoms. The van der Waals surface area contributed by atoms with Crippen LogP contribution in [0, 0.1) is 0 Å². The smallest absolute Gasteiger partial charge is 0.327 e. The van der Waals surface area contributed by atoms with Crippen LogP contribution in [0.1, 0.15) is 6.42 Å². The van der Waals surface area contributed by atoms with Gasteiger partial charge in [0, 0.05) is 10.7 Å². The van der Waals surface area contributed by atoms with Crippen LogP contribution in [0.4, 0.5) is 0 Å².